The second kappa shape index (κ2) is 8.71. The number of benzene rings is 2. The highest BCUT2D eigenvalue weighted by Crippen LogP contribution is 2.22. The minimum Gasteiger partial charge on any atom is -0.378 e. The van der Waals surface area contributed by atoms with Crippen LogP contribution in [0.4, 0.5) is 11.4 Å². The summed E-state index contributed by atoms with van der Waals surface area (Å²) in [4.78, 5) is 2.35. The van der Waals surface area contributed by atoms with Crippen molar-refractivity contribution in [2.75, 3.05) is 36.5 Å². The van der Waals surface area contributed by atoms with Gasteiger partial charge in [0.05, 0.1) is 19.3 Å². The predicted molar refractivity (Wildman–Crippen MR) is 113 cm³/mol. The minimum absolute atomic E-state index is 0.106. The van der Waals surface area contributed by atoms with E-state index in [0.29, 0.717) is 5.11 Å². The highest BCUT2D eigenvalue weighted by Gasteiger charge is 2.12. The summed E-state index contributed by atoms with van der Waals surface area (Å²) in [6.07, 6.45) is 0. The molecule has 4 nitrogen and oxygen atoms in total. The van der Waals surface area contributed by atoms with Gasteiger partial charge in [0, 0.05) is 29.5 Å². The summed E-state index contributed by atoms with van der Waals surface area (Å²) in [5.41, 5.74) is 4.35. The SMILES string of the molecule is Cc1ccc(NC(=S)N[C@H](C)c2ccc(N3CCOCC3)cc2)cc1Cl. The van der Waals surface area contributed by atoms with Gasteiger partial charge in [-0.3, -0.25) is 0 Å². The van der Waals surface area contributed by atoms with Crippen LogP contribution in [0, 0.1) is 6.92 Å². The molecule has 2 aromatic rings. The zero-order chi connectivity index (χ0) is 18.5. The van der Waals surface area contributed by atoms with E-state index in [9.17, 15) is 0 Å². The maximum atomic E-state index is 6.16. The topological polar surface area (TPSA) is 36.5 Å². The van der Waals surface area contributed by atoms with Crippen molar-refractivity contribution >= 4 is 40.3 Å². The van der Waals surface area contributed by atoms with Gasteiger partial charge in [0.1, 0.15) is 0 Å². The van der Waals surface area contributed by atoms with Crippen LogP contribution in [0.15, 0.2) is 42.5 Å². The molecule has 1 heterocycles. The van der Waals surface area contributed by atoms with Gasteiger partial charge in [0.15, 0.2) is 5.11 Å². The van der Waals surface area contributed by atoms with Gasteiger partial charge < -0.3 is 20.3 Å². The Morgan fingerprint density at radius 2 is 1.85 bits per heavy atom. The van der Waals surface area contributed by atoms with Gasteiger partial charge in [-0.1, -0.05) is 29.8 Å². The van der Waals surface area contributed by atoms with Gasteiger partial charge in [-0.2, -0.15) is 0 Å². The summed E-state index contributed by atoms with van der Waals surface area (Å²) >= 11 is 11.6. The molecule has 2 aromatic carbocycles. The molecule has 1 aliphatic rings. The van der Waals surface area contributed by atoms with Crippen molar-refractivity contribution in [2.24, 2.45) is 0 Å². The summed E-state index contributed by atoms with van der Waals surface area (Å²) < 4.78 is 5.41. The van der Waals surface area contributed by atoms with Gasteiger partial charge in [-0.15, -0.1) is 0 Å². The van der Waals surface area contributed by atoms with Crippen LogP contribution in [0.2, 0.25) is 5.02 Å². The van der Waals surface area contributed by atoms with E-state index in [4.69, 9.17) is 28.6 Å². The Balaban J connectivity index is 1.57. The number of morpholine rings is 1. The molecule has 0 amide bonds. The molecule has 0 radical (unpaired) electrons. The lowest BCUT2D eigenvalue weighted by Gasteiger charge is -2.29. The Kier molecular flexibility index (Phi) is 6.35. The Bertz CT molecular complexity index is 760. The maximum absolute atomic E-state index is 6.16. The van der Waals surface area contributed by atoms with Crippen LogP contribution in [0.25, 0.3) is 0 Å². The lowest BCUT2D eigenvalue weighted by molar-refractivity contribution is 0.122. The lowest BCUT2D eigenvalue weighted by atomic mass is 10.1. The molecule has 26 heavy (non-hydrogen) atoms. The Hall–Kier alpha value is -1.82. The number of nitrogens with one attached hydrogen (secondary N) is 2. The molecular weight excluding hydrogens is 366 g/mol. The number of rotatable bonds is 4. The van der Waals surface area contributed by atoms with Crippen LogP contribution in [-0.2, 0) is 4.74 Å². The van der Waals surface area contributed by atoms with E-state index in [1.165, 1.54) is 11.3 Å². The first-order chi connectivity index (χ1) is 12.5. The smallest absolute Gasteiger partial charge is 0.171 e. The summed E-state index contributed by atoms with van der Waals surface area (Å²) in [7, 11) is 0. The Labute approximate surface area is 165 Å². The highest BCUT2D eigenvalue weighted by molar-refractivity contribution is 7.80. The molecule has 0 aromatic heterocycles. The third-order valence-electron chi connectivity index (χ3n) is 4.55. The van der Waals surface area contributed by atoms with Crippen molar-refractivity contribution in [2.45, 2.75) is 19.9 Å². The fourth-order valence-corrected chi connectivity index (χ4v) is 3.39. The van der Waals surface area contributed by atoms with Crippen LogP contribution in [0.5, 0.6) is 0 Å². The first-order valence-corrected chi connectivity index (χ1v) is 9.58. The average molecular weight is 390 g/mol. The van der Waals surface area contributed by atoms with Crippen molar-refractivity contribution in [3.8, 4) is 0 Å². The molecule has 138 valence electrons. The van der Waals surface area contributed by atoms with Crippen molar-refractivity contribution in [1.29, 1.82) is 0 Å². The van der Waals surface area contributed by atoms with Crippen LogP contribution >= 0.6 is 23.8 Å². The van der Waals surface area contributed by atoms with Gasteiger partial charge in [0.2, 0.25) is 0 Å². The molecule has 0 spiro atoms. The highest BCUT2D eigenvalue weighted by atomic mass is 35.5. The molecule has 1 fully saturated rings. The number of thiocarbonyl (C=S) groups is 1. The monoisotopic (exact) mass is 389 g/mol. The van der Waals surface area contributed by atoms with Crippen LogP contribution in [0.3, 0.4) is 0 Å². The van der Waals surface area contributed by atoms with Crippen molar-refractivity contribution in [1.82, 2.24) is 5.32 Å². The van der Waals surface area contributed by atoms with E-state index >= 15 is 0 Å². The molecule has 0 saturated carbocycles. The number of halogens is 1. The molecule has 1 atom stereocenters. The van der Waals surface area contributed by atoms with Crippen molar-refractivity contribution in [3.63, 3.8) is 0 Å². The van der Waals surface area contributed by atoms with E-state index in [-0.39, 0.29) is 6.04 Å². The number of anilines is 2. The van der Waals surface area contributed by atoms with Gasteiger partial charge in [-0.05, 0) is 61.5 Å². The van der Waals surface area contributed by atoms with Crippen LogP contribution < -0.4 is 15.5 Å². The fourth-order valence-electron chi connectivity index (χ4n) is 2.91. The molecule has 3 rings (SSSR count). The Morgan fingerprint density at radius 1 is 1.15 bits per heavy atom. The average Bonchev–Trinajstić information content (AvgIpc) is 2.65. The molecular formula is C20H24ClN3OS. The summed E-state index contributed by atoms with van der Waals surface area (Å²) in [6.45, 7) is 7.55. The summed E-state index contributed by atoms with van der Waals surface area (Å²) in [5, 5.41) is 7.81. The molecule has 1 aliphatic heterocycles. The molecule has 2 N–H and O–H groups in total. The molecule has 0 aliphatic carbocycles. The third kappa shape index (κ3) is 4.87. The minimum atomic E-state index is 0.106. The number of hydrogen-bond donors (Lipinski definition) is 2. The number of ether oxygens (including phenoxy) is 1. The Morgan fingerprint density at radius 3 is 2.50 bits per heavy atom. The standard InChI is InChI=1S/C20H24ClN3OS/c1-14-3-6-17(13-19(14)21)23-20(26)22-15(2)16-4-7-18(8-5-16)24-9-11-25-12-10-24/h3-8,13,15H,9-12H2,1-2H3,(H2,22,23,26)/t15-/m1/s1. The quantitative estimate of drug-likeness (QED) is 0.751. The van der Waals surface area contributed by atoms with Crippen molar-refractivity contribution < 1.29 is 4.74 Å². The van der Waals surface area contributed by atoms with Gasteiger partial charge in [-0.25, -0.2) is 0 Å². The first kappa shape index (κ1) is 19.0. The number of hydrogen-bond acceptors (Lipinski definition) is 3. The maximum Gasteiger partial charge on any atom is 0.171 e. The predicted octanol–water partition coefficient (Wildman–Crippen LogP) is 4.53. The summed E-state index contributed by atoms with van der Waals surface area (Å²) in [6, 6.07) is 14.5. The van der Waals surface area contributed by atoms with E-state index in [1.807, 2.05) is 25.1 Å². The second-order valence-electron chi connectivity index (χ2n) is 6.48. The zero-order valence-electron chi connectivity index (χ0n) is 15.1. The molecule has 1 saturated heterocycles. The second-order valence-corrected chi connectivity index (χ2v) is 7.29. The third-order valence-corrected chi connectivity index (χ3v) is 5.17. The first-order valence-electron chi connectivity index (χ1n) is 8.79. The van der Waals surface area contributed by atoms with Crippen LogP contribution in [0.1, 0.15) is 24.1 Å². The van der Waals surface area contributed by atoms with Crippen molar-refractivity contribution in [3.05, 3.63) is 58.6 Å². The van der Waals surface area contributed by atoms with Crippen LogP contribution in [-0.4, -0.2) is 31.4 Å². The normalized spacial score (nSPS) is 15.4. The van der Waals surface area contributed by atoms with E-state index in [1.54, 1.807) is 0 Å². The lowest BCUT2D eigenvalue weighted by Crippen LogP contribution is -2.36. The number of nitrogens with zero attached hydrogens (tertiary/aromatic N) is 1. The molecule has 0 bridgehead atoms. The van der Waals surface area contributed by atoms with Gasteiger partial charge >= 0.3 is 0 Å². The molecule has 6 heteroatoms. The molecule has 0 unspecified atom stereocenters. The summed E-state index contributed by atoms with van der Waals surface area (Å²) in [5.74, 6) is 0. The fraction of sp³-hybridized carbons (Fsp3) is 0.350. The number of aryl methyl sites for hydroxylation is 1. The van der Waals surface area contributed by atoms with E-state index in [0.717, 1.165) is 42.6 Å². The van der Waals surface area contributed by atoms with E-state index < -0.39 is 0 Å². The largest absolute Gasteiger partial charge is 0.378 e. The zero-order valence-corrected chi connectivity index (χ0v) is 16.7. The van der Waals surface area contributed by atoms with E-state index in [2.05, 4.69) is 46.7 Å². The van der Waals surface area contributed by atoms with Gasteiger partial charge in [0.25, 0.3) is 0 Å².